The zero-order chi connectivity index (χ0) is 15.4. The number of aryl methyl sites for hydroxylation is 2. The molecule has 1 aromatic rings. The first-order valence-electron chi connectivity index (χ1n) is 7.66. The fourth-order valence-corrected chi connectivity index (χ4v) is 3.16. The molecule has 114 valence electrons. The minimum absolute atomic E-state index is 0.147. The molecule has 21 heavy (non-hydrogen) atoms. The number of anilines is 1. The Bertz CT molecular complexity index is 539. The van der Waals surface area contributed by atoms with Gasteiger partial charge in [0.1, 0.15) is 0 Å². The lowest BCUT2D eigenvalue weighted by molar-refractivity contribution is -0.147. The molecule has 1 amide bonds. The summed E-state index contributed by atoms with van der Waals surface area (Å²) >= 11 is 0. The van der Waals surface area contributed by atoms with Crippen molar-refractivity contribution in [3.05, 3.63) is 29.3 Å². The zero-order valence-corrected chi connectivity index (χ0v) is 12.7. The van der Waals surface area contributed by atoms with Gasteiger partial charge in [-0.25, -0.2) is 0 Å². The van der Waals surface area contributed by atoms with Gasteiger partial charge in [0.25, 0.3) is 0 Å². The Morgan fingerprint density at radius 3 is 2.52 bits per heavy atom. The van der Waals surface area contributed by atoms with Crippen LogP contribution in [0.2, 0.25) is 0 Å². The quantitative estimate of drug-likeness (QED) is 0.893. The van der Waals surface area contributed by atoms with E-state index in [1.165, 1.54) is 0 Å². The Hall–Kier alpha value is -1.84. The second kappa shape index (κ2) is 6.74. The van der Waals surface area contributed by atoms with E-state index in [1.54, 1.807) is 0 Å². The van der Waals surface area contributed by atoms with Crippen LogP contribution in [0.1, 0.15) is 43.7 Å². The molecule has 2 N–H and O–H groups in total. The van der Waals surface area contributed by atoms with Crippen molar-refractivity contribution < 1.29 is 14.7 Å². The number of benzene rings is 1. The van der Waals surface area contributed by atoms with Crippen LogP contribution in [0.15, 0.2) is 18.2 Å². The monoisotopic (exact) mass is 289 g/mol. The predicted molar refractivity (Wildman–Crippen MR) is 82.3 cm³/mol. The van der Waals surface area contributed by atoms with Crippen LogP contribution in [-0.4, -0.2) is 17.0 Å². The van der Waals surface area contributed by atoms with E-state index >= 15 is 0 Å². The Balaban J connectivity index is 2.19. The van der Waals surface area contributed by atoms with E-state index in [9.17, 15) is 14.7 Å². The Morgan fingerprint density at radius 2 is 1.90 bits per heavy atom. The molecule has 1 aliphatic carbocycles. The van der Waals surface area contributed by atoms with Crippen molar-refractivity contribution in [3.63, 3.8) is 0 Å². The average Bonchev–Trinajstić information content (AvgIpc) is 2.49. The third kappa shape index (κ3) is 3.43. The molecule has 2 rings (SSSR count). The predicted octanol–water partition coefficient (Wildman–Crippen LogP) is 3.39. The number of aliphatic carboxylic acids is 1. The van der Waals surface area contributed by atoms with Crippen molar-refractivity contribution in [2.24, 2.45) is 11.8 Å². The van der Waals surface area contributed by atoms with Gasteiger partial charge in [-0.1, -0.05) is 38.0 Å². The molecule has 1 fully saturated rings. The Labute approximate surface area is 125 Å². The fourth-order valence-electron chi connectivity index (χ4n) is 3.16. The van der Waals surface area contributed by atoms with Crippen LogP contribution in [0.5, 0.6) is 0 Å². The highest BCUT2D eigenvalue weighted by molar-refractivity contribution is 5.96. The molecule has 0 aliphatic heterocycles. The molecule has 1 aliphatic rings. The van der Waals surface area contributed by atoms with E-state index < -0.39 is 17.8 Å². The molecule has 4 nitrogen and oxygen atoms in total. The van der Waals surface area contributed by atoms with Gasteiger partial charge in [-0.3, -0.25) is 9.59 Å². The van der Waals surface area contributed by atoms with Gasteiger partial charge in [0.05, 0.1) is 11.8 Å². The van der Waals surface area contributed by atoms with E-state index in [0.717, 1.165) is 36.1 Å². The number of carboxylic acid groups (broad SMARTS) is 1. The number of carbonyl (C=O) groups is 2. The number of hydrogen-bond donors (Lipinski definition) is 2. The third-order valence-corrected chi connectivity index (χ3v) is 4.41. The van der Waals surface area contributed by atoms with Crippen molar-refractivity contribution in [2.45, 2.75) is 46.0 Å². The van der Waals surface area contributed by atoms with E-state index in [2.05, 4.69) is 5.32 Å². The zero-order valence-electron chi connectivity index (χ0n) is 12.7. The van der Waals surface area contributed by atoms with Gasteiger partial charge < -0.3 is 10.4 Å². The van der Waals surface area contributed by atoms with Gasteiger partial charge in [-0.15, -0.1) is 0 Å². The second-order valence-electron chi connectivity index (χ2n) is 5.79. The van der Waals surface area contributed by atoms with E-state index in [-0.39, 0.29) is 5.91 Å². The molecule has 0 saturated heterocycles. The van der Waals surface area contributed by atoms with E-state index in [1.807, 2.05) is 32.0 Å². The maximum atomic E-state index is 12.5. The fraction of sp³-hybridized carbons (Fsp3) is 0.529. The second-order valence-corrected chi connectivity index (χ2v) is 5.79. The van der Waals surface area contributed by atoms with Crippen molar-refractivity contribution in [1.82, 2.24) is 0 Å². The highest BCUT2D eigenvalue weighted by Gasteiger charge is 2.35. The van der Waals surface area contributed by atoms with E-state index in [4.69, 9.17) is 0 Å². The lowest BCUT2D eigenvalue weighted by atomic mass is 9.78. The van der Waals surface area contributed by atoms with Crippen LogP contribution in [0, 0.1) is 18.8 Å². The summed E-state index contributed by atoms with van der Waals surface area (Å²) in [5, 5.41) is 12.3. The summed E-state index contributed by atoms with van der Waals surface area (Å²) in [5.74, 6) is -1.96. The van der Waals surface area contributed by atoms with Crippen molar-refractivity contribution in [1.29, 1.82) is 0 Å². The largest absolute Gasteiger partial charge is 0.481 e. The number of para-hydroxylation sites is 1. The van der Waals surface area contributed by atoms with Crippen molar-refractivity contribution >= 4 is 17.6 Å². The van der Waals surface area contributed by atoms with Crippen LogP contribution in [-0.2, 0) is 16.0 Å². The van der Waals surface area contributed by atoms with Crippen LogP contribution in [0.25, 0.3) is 0 Å². The highest BCUT2D eigenvalue weighted by atomic mass is 16.4. The average molecular weight is 289 g/mol. The molecule has 4 heteroatoms. The molecule has 0 heterocycles. The van der Waals surface area contributed by atoms with Gasteiger partial charge >= 0.3 is 5.97 Å². The molecule has 2 atom stereocenters. The minimum Gasteiger partial charge on any atom is -0.481 e. The van der Waals surface area contributed by atoms with Gasteiger partial charge in [0.15, 0.2) is 0 Å². The molecule has 1 saturated carbocycles. The topological polar surface area (TPSA) is 66.4 Å². The minimum atomic E-state index is -0.852. The van der Waals surface area contributed by atoms with Gasteiger partial charge in [0, 0.05) is 5.69 Å². The van der Waals surface area contributed by atoms with Crippen molar-refractivity contribution in [3.8, 4) is 0 Å². The van der Waals surface area contributed by atoms with Gasteiger partial charge in [-0.05, 0) is 37.3 Å². The number of carbonyl (C=O) groups excluding carboxylic acids is 1. The summed E-state index contributed by atoms with van der Waals surface area (Å²) < 4.78 is 0. The summed E-state index contributed by atoms with van der Waals surface area (Å²) in [6, 6.07) is 5.94. The smallest absolute Gasteiger partial charge is 0.307 e. The molecule has 0 bridgehead atoms. The number of hydrogen-bond acceptors (Lipinski definition) is 2. The first-order valence-corrected chi connectivity index (χ1v) is 7.66. The normalized spacial score (nSPS) is 21.8. The van der Waals surface area contributed by atoms with Crippen molar-refractivity contribution in [2.75, 3.05) is 5.32 Å². The SMILES string of the molecule is CCc1cccc(C)c1NC(=O)[C@@H]1CCCC[C@@H]1C(=O)O. The molecule has 0 unspecified atom stereocenters. The van der Waals surface area contributed by atoms with Gasteiger partial charge in [-0.2, -0.15) is 0 Å². The number of carboxylic acids is 1. The summed E-state index contributed by atoms with van der Waals surface area (Å²) in [4.78, 5) is 23.9. The first-order chi connectivity index (χ1) is 10.0. The highest BCUT2D eigenvalue weighted by Crippen LogP contribution is 2.32. The lowest BCUT2D eigenvalue weighted by Crippen LogP contribution is -2.36. The maximum absolute atomic E-state index is 12.5. The molecule has 0 radical (unpaired) electrons. The Kier molecular flexibility index (Phi) is 4.99. The summed E-state index contributed by atoms with van der Waals surface area (Å²) in [5.41, 5.74) is 2.95. The molecular weight excluding hydrogens is 266 g/mol. The van der Waals surface area contributed by atoms with Gasteiger partial charge in [0.2, 0.25) is 5.91 Å². The van der Waals surface area contributed by atoms with Crippen LogP contribution in [0.4, 0.5) is 5.69 Å². The number of rotatable bonds is 4. The molecule has 1 aromatic carbocycles. The van der Waals surface area contributed by atoms with Crippen LogP contribution >= 0.6 is 0 Å². The molecule has 0 aromatic heterocycles. The first kappa shape index (κ1) is 15.5. The standard InChI is InChI=1S/C17H23NO3/c1-3-12-8-6-7-11(2)15(12)18-16(19)13-9-4-5-10-14(13)17(20)21/h6-8,13-14H,3-5,9-10H2,1-2H3,(H,18,19)(H,20,21)/t13-,14+/m1/s1. The third-order valence-electron chi connectivity index (χ3n) is 4.41. The maximum Gasteiger partial charge on any atom is 0.307 e. The summed E-state index contributed by atoms with van der Waals surface area (Å²) in [6.45, 7) is 4.01. The molecule has 0 spiro atoms. The van der Waals surface area contributed by atoms with E-state index in [0.29, 0.717) is 12.8 Å². The molecular formula is C17H23NO3. The Morgan fingerprint density at radius 1 is 1.24 bits per heavy atom. The van der Waals surface area contributed by atoms with Crippen LogP contribution < -0.4 is 5.32 Å². The number of amides is 1. The van der Waals surface area contributed by atoms with Crippen LogP contribution in [0.3, 0.4) is 0 Å². The lowest BCUT2D eigenvalue weighted by Gasteiger charge is -2.28. The number of nitrogens with one attached hydrogen (secondary N) is 1. The summed E-state index contributed by atoms with van der Waals surface area (Å²) in [6.07, 6.45) is 3.92. The summed E-state index contributed by atoms with van der Waals surface area (Å²) in [7, 11) is 0.